The minimum Gasteiger partial charge on any atom is -0.475 e. The highest BCUT2D eigenvalue weighted by Crippen LogP contribution is 2.13. The zero-order valence-electron chi connectivity index (χ0n) is 15.0. The smallest absolute Gasteiger partial charge is 0.408 e. The summed E-state index contributed by atoms with van der Waals surface area (Å²) in [6, 6.07) is 9.60. The maximum absolute atomic E-state index is 12.3. The molecule has 0 bridgehead atoms. The molecule has 1 amide bonds. The molecular formula is C19H21NO7. The monoisotopic (exact) mass is 375 g/mol. The quantitative estimate of drug-likeness (QED) is 0.682. The van der Waals surface area contributed by atoms with Gasteiger partial charge in [0, 0.05) is 5.56 Å². The number of furan rings is 1. The van der Waals surface area contributed by atoms with E-state index < -0.39 is 24.1 Å². The first-order valence-corrected chi connectivity index (χ1v) is 8.32. The van der Waals surface area contributed by atoms with Gasteiger partial charge in [0.15, 0.2) is 0 Å². The number of carboxylic acid groups (broad SMARTS) is 1. The van der Waals surface area contributed by atoms with Crippen molar-refractivity contribution in [2.45, 2.75) is 33.1 Å². The number of hydrogen-bond acceptors (Lipinski definition) is 6. The van der Waals surface area contributed by atoms with E-state index in [4.69, 9.17) is 19.0 Å². The summed E-state index contributed by atoms with van der Waals surface area (Å²) in [6.45, 7) is 3.28. The van der Waals surface area contributed by atoms with Gasteiger partial charge in [-0.15, -0.1) is 0 Å². The first-order chi connectivity index (χ1) is 12.9. The number of carbonyl (C=O) groups excluding carboxylic acids is 2. The van der Waals surface area contributed by atoms with Crippen LogP contribution in [0.25, 0.3) is 0 Å². The Labute approximate surface area is 156 Å². The van der Waals surface area contributed by atoms with Crippen LogP contribution in [0, 0.1) is 5.92 Å². The Balaban J connectivity index is 1.89. The second-order valence-corrected chi connectivity index (χ2v) is 6.12. The van der Waals surface area contributed by atoms with Crippen molar-refractivity contribution < 1.29 is 33.4 Å². The number of aromatic carboxylic acids is 1. The predicted octanol–water partition coefficient (Wildman–Crippen LogP) is 2.97. The standard InChI is InChI=1S/C19H21NO7/c1-12(2)15(20-19(24)27-10-13-6-4-3-5-7-13)18(23)26-11-14-8-9-25-16(14)17(21)22/h3-9,12,15H,10-11H2,1-2H3,(H,20,24)(H,21,22)/t15-/m0/s1. The molecule has 0 saturated carbocycles. The van der Waals surface area contributed by atoms with Crippen LogP contribution in [0.4, 0.5) is 4.79 Å². The van der Waals surface area contributed by atoms with Crippen molar-refractivity contribution in [3.63, 3.8) is 0 Å². The lowest BCUT2D eigenvalue weighted by atomic mass is 10.1. The van der Waals surface area contributed by atoms with Gasteiger partial charge in [-0.2, -0.15) is 0 Å². The zero-order valence-corrected chi connectivity index (χ0v) is 15.0. The van der Waals surface area contributed by atoms with Gasteiger partial charge in [0.05, 0.1) is 6.26 Å². The Morgan fingerprint density at radius 2 is 1.78 bits per heavy atom. The van der Waals surface area contributed by atoms with E-state index in [1.165, 1.54) is 12.3 Å². The van der Waals surface area contributed by atoms with Crippen LogP contribution in [0.2, 0.25) is 0 Å². The van der Waals surface area contributed by atoms with E-state index in [1.807, 2.05) is 30.3 Å². The molecule has 0 saturated heterocycles. The lowest BCUT2D eigenvalue weighted by Gasteiger charge is -2.20. The summed E-state index contributed by atoms with van der Waals surface area (Å²) in [4.78, 5) is 35.3. The number of amides is 1. The summed E-state index contributed by atoms with van der Waals surface area (Å²) in [5.41, 5.74) is 1.04. The molecule has 2 rings (SSSR count). The van der Waals surface area contributed by atoms with Gasteiger partial charge in [-0.3, -0.25) is 0 Å². The number of carboxylic acids is 1. The highest BCUT2D eigenvalue weighted by Gasteiger charge is 2.27. The molecule has 0 spiro atoms. The zero-order chi connectivity index (χ0) is 19.8. The summed E-state index contributed by atoms with van der Waals surface area (Å²) in [5, 5.41) is 11.5. The van der Waals surface area contributed by atoms with E-state index in [0.29, 0.717) is 0 Å². The SMILES string of the molecule is CC(C)[C@H](NC(=O)OCc1ccccc1)C(=O)OCc1ccoc1C(=O)O. The van der Waals surface area contributed by atoms with E-state index in [2.05, 4.69) is 5.32 Å². The Bertz CT molecular complexity index is 782. The van der Waals surface area contributed by atoms with Crippen molar-refractivity contribution in [1.82, 2.24) is 5.32 Å². The molecule has 1 aromatic carbocycles. The third-order valence-electron chi connectivity index (χ3n) is 3.72. The van der Waals surface area contributed by atoms with E-state index in [-0.39, 0.29) is 30.5 Å². The van der Waals surface area contributed by atoms with Gasteiger partial charge < -0.3 is 24.3 Å². The van der Waals surface area contributed by atoms with Crippen LogP contribution in [0.15, 0.2) is 47.1 Å². The van der Waals surface area contributed by atoms with Crippen LogP contribution in [-0.4, -0.2) is 29.2 Å². The van der Waals surface area contributed by atoms with Gasteiger partial charge in [0.1, 0.15) is 19.3 Å². The van der Waals surface area contributed by atoms with Crippen molar-refractivity contribution in [2.75, 3.05) is 0 Å². The Hall–Kier alpha value is -3.29. The summed E-state index contributed by atoms with van der Waals surface area (Å²) >= 11 is 0. The number of carbonyl (C=O) groups is 3. The summed E-state index contributed by atoms with van der Waals surface area (Å²) in [5.74, 6) is -2.50. The molecule has 1 atom stereocenters. The van der Waals surface area contributed by atoms with E-state index in [1.54, 1.807) is 13.8 Å². The number of hydrogen-bond donors (Lipinski definition) is 2. The normalized spacial score (nSPS) is 11.7. The highest BCUT2D eigenvalue weighted by atomic mass is 16.6. The van der Waals surface area contributed by atoms with Gasteiger partial charge in [0.2, 0.25) is 5.76 Å². The van der Waals surface area contributed by atoms with Crippen LogP contribution >= 0.6 is 0 Å². The molecule has 27 heavy (non-hydrogen) atoms. The van der Waals surface area contributed by atoms with Crippen LogP contribution in [0.3, 0.4) is 0 Å². The topological polar surface area (TPSA) is 115 Å². The maximum Gasteiger partial charge on any atom is 0.408 e. The molecule has 0 radical (unpaired) electrons. The van der Waals surface area contributed by atoms with Crippen molar-refractivity contribution in [3.05, 3.63) is 59.5 Å². The third kappa shape index (κ3) is 5.88. The molecule has 0 aliphatic rings. The second kappa shape index (κ2) is 9.42. The lowest BCUT2D eigenvalue weighted by molar-refractivity contribution is -0.148. The van der Waals surface area contributed by atoms with Crippen molar-refractivity contribution in [1.29, 1.82) is 0 Å². The number of ether oxygens (including phenoxy) is 2. The summed E-state index contributed by atoms with van der Waals surface area (Å²) in [6.07, 6.45) is 0.454. The van der Waals surface area contributed by atoms with Crippen molar-refractivity contribution in [2.24, 2.45) is 5.92 Å². The minimum absolute atomic E-state index is 0.0729. The first-order valence-electron chi connectivity index (χ1n) is 8.32. The molecule has 1 aromatic heterocycles. The number of nitrogens with one attached hydrogen (secondary N) is 1. The maximum atomic E-state index is 12.3. The van der Waals surface area contributed by atoms with Gasteiger partial charge in [-0.1, -0.05) is 44.2 Å². The van der Waals surface area contributed by atoms with Gasteiger partial charge >= 0.3 is 18.0 Å². The largest absolute Gasteiger partial charge is 0.475 e. The van der Waals surface area contributed by atoms with Crippen molar-refractivity contribution >= 4 is 18.0 Å². The van der Waals surface area contributed by atoms with Crippen molar-refractivity contribution in [3.8, 4) is 0 Å². The summed E-state index contributed by atoms with van der Waals surface area (Å²) < 4.78 is 15.1. The molecule has 8 heteroatoms. The Morgan fingerprint density at radius 1 is 1.07 bits per heavy atom. The molecule has 0 aliphatic heterocycles. The first kappa shape index (κ1) is 20.0. The fourth-order valence-corrected chi connectivity index (χ4v) is 2.27. The minimum atomic E-state index is -1.26. The Kier molecular flexibility index (Phi) is 6.99. The summed E-state index contributed by atoms with van der Waals surface area (Å²) in [7, 11) is 0. The Morgan fingerprint density at radius 3 is 2.41 bits per heavy atom. The average Bonchev–Trinajstić information content (AvgIpc) is 3.12. The molecule has 2 N–H and O–H groups in total. The number of esters is 1. The number of benzene rings is 1. The molecule has 2 aromatic rings. The van der Waals surface area contributed by atoms with Crippen LogP contribution in [-0.2, 0) is 27.5 Å². The lowest BCUT2D eigenvalue weighted by Crippen LogP contribution is -2.45. The van der Waals surface area contributed by atoms with Crippen LogP contribution in [0.5, 0.6) is 0 Å². The van der Waals surface area contributed by atoms with Crippen LogP contribution in [0.1, 0.15) is 35.5 Å². The molecule has 0 aliphatic carbocycles. The fraction of sp³-hybridized carbons (Fsp3) is 0.316. The van der Waals surface area contributed by atoms with Gasteiger partial charge in [-0.05, 0) is 17.5 Å². The molecular weight excluding hydrogens is 354 g/mol. The number of rotatable bonds is 8. The highest BCUT2D eigenvalue weighted by molar-refractivity contribution is 5.86. The van der Waals surface area contributed by atoms with E-state index in [0.717, 1.165) is 5.56 Å². The molecule has 144 valence electrons. The molecule has 8 nitrogen and oxygen atoms in total. The fourth-order valence-electron chi connectivity index (χ4n) is 2.27. The van der Waals surface area contributed by atoms with E-state index in [9.17, 15) is 14.4 Å². The van der Waals surface area contributed by atoms with Gasteiger partial charge in [0.25, 0.3) is 0 Å². The molecule has 1 heterocycles. The van der Waals surface area contributed by atoms with Crippen LogP contribution < -0.4 is 5.32 Å². The third-order valence-corrected chi connectivity index (χ3v) is 3.72. The second-order valence-electron chi connectivity index (χ2n) is 6.12. The molecule has 0 fully saturated rings. The van der Waals surface area contributed by atoms with Gasteiger partial charge in [-0.25, -0.2) is 14.4 Å². The van der Waals surface area contributed by atoms with E-state index >= 15 is 0 Å². The number of alkyl carbamates (subject to hydrolysis) is 1. The predicted molar refractivity (Wildman–Crippen MR) is 93.9 cm³/mol. The average molecular weight is 375 g/mol. The molecule has 0 unspecified atom stereocenters.